The summed E-state index contributed by atoms with van der Waals surface area (Å²) in [5.74, 6) is -2.50. The maximum atomic E-state index is 13.9. The fourth-order valence-electron chi connectivity index (χ4n) is 5.94. The Morgan fingerprint density at radius 1 is 1.17 bits per heavy atom. The number of aromatic nitrogens is 3. The Morgan fingerprint density at radius 3 is 2.55 bits per heavy atom. The van der Waals surface area contributed by atoms with Gasteiger partial charge < -0.3 is 29.7 Å². The van der Waals surface area contributed by atoms with Gasteiger partial charge in [0.15, 0.2) is 11.8 Å². The monoisotopic (exact) mass is 650 g/mol. The molecule has 3 aliphatic heterocycles. The van der Waals surface area contributed by atoms with E-state index in [4.69, 9.17) is 19.6 Å². The predicted molar refractivity (Wildman–Crippen MR) is 172 cm³/mol. The maximum absolute atomic E-state index is 13.9. The number of hydrogen-bond donors (Lipinski definition) is 2. The van der Waals surface area contributed by atoms with Crippen LogP contribution in [0.25, 0.3) is 5.65 Å². The summed E-state index contributed by atoms with van der Waals surface area (Å²) in [5, 5.41) is 17.7. The van der Waals surface area contributed by atoms with Gasteiger partial charge in [-0.05, 0) is 71.6 Å². The lowest BCUT2D eigenvalue weighted by molar-refractivity contribution is -0.160. The number of ether oxygens (including phenoxy) is 2. The summed E-state index contributed by atoms with van der Waals surface area (Å²) in [7, 11) is 0. The topological polar surface area (TPSA) is 139 Å². The summed E-state index contributed by atoms with van der Waals surface area (Å²) in [4.78, 5) is 47.4. The van der Waals surface area contributed by atoms with E-state index in [2.05, 4.69) is 17.1 Å². The van der Waals surface area contributed by atoms with Crippen molar-refractivity contribution >= 4 is 29.2 Å². The Labute approximate surface area is 273 Å². The molecular formula is C34H43FN6O6. The van der Waals surface area contributed by atoms with E-state index in [9.17, 15) is 23.9 Å². The highest BCUT2D eigenvalue weighted by Crippen LogP contribution is 2.37. The first-order valence-electron chi connectivity index (χ1n) is 15.8. The molecule has 1 atom stereocenters. The summed E-state index contributed by atoms with van der Waals surface area (Å²) in [5.41, 5.74) is 1.73. The third-order valence-electron chi connectivity index (χ3n) is 8.46. The first kappa shape index (κ1) is 34.0. The number of rotatable bonds is 5. The number of hydrogen-bond acceptors (Lipinski definition) is 8. The van der Waals surface area contributed by atoms with E-state index in [-0.39, 0.29) is 25.5 Å². The smallest absolute Gasteiger partial charge is 0.337 e. The van der Waals surface area contributed by atoms with Crippen LogP contribution in [-0.4, -0.2) is 79.8 Å². The number of halogens is 1. The minimum atomic E-state index is -1.31. The second-order valence-corrected chi connectivity index (χ2v) is 13.5. The number of anilines is 1. The molecule has 1 fully saturated rings. The molecule has 1 saturated heterocycles. The van der Waals surface area contributed by atoms with Crippen LogP contribution in [-0.2, 0) is 36.9 Å². The van der Waals surface area contributed by atoms with E-state index in [0.29, 0.717) is 72.1 Å². The van der Waals surface area contributed by atoms with Crippen molar-refractivity contribution in [1.29, 1.82) is 0 Å². The Kier molecular flexibility index (Phi) is 9.69. The van der Waals surface area contributed by atoms with E-state index in [1.54, 1.807) is 63.4 Å². The minimum Gasteiger partial charge on any atom is -0.479 e. The molecule has 0 unspecified atom stereocenters. The zero-order valence-electron chi connectivity index (χ0n) is 27.8. The number of benzene rings is 1. The maximum Gasteiger partial charge on any atom is 0.337 e. The fraction of sp³-hybridized carbons (Fsp3) is 0.500. The van der Waals surface area contributed by atoms with Crippen LogP contribution in [0.5, 0.6) is 0 Å². The molecule has 5 heterocycles. The quantitative estimate of drug-likeness (QED) is 0.310. The number of carbonyl (C=O) groups excluding carboxylic acids is 2. The van der Waals surface area contributed by atoms with E-state index >= 15 is 0 Å². The number of carboxylic acids is 1. The number of carboxylic acid groups (broad SMARTS) is 1. The standard InChI is InChI=1S/C34H43FN6O6/c1-21-17-23(9-10-25(21)35)20-40-13-7-8-16-46-34(6)11-14-39(15-12-34)30-27(28(32(44)45)47-33(3,4)5)22(2)37-26-18-24(38-41(26)30)19-36-29(42)31(40)43/h7-10,17-18,28H,11-16,19-20H2,1-6H3,(H,36,42)(H,44,45)/t28-/m0/s1. The Balaban J connectivity index is 1.54. The lowest BCUT2D eigenvalue weighted by Gasteiger charge is -2.41. The van der Waals surface area contributed by atoms with Gasteiger partial charge in [-0.15, -0.1) is 0 Å². The Bertz CT molecular complexity index is 1700. The van der Waals surface area contributed by atoms with E-state index in [0.717, 1.165) is 0 Å². The van der Waals surface area contributed by atoms with Gasteiger partial charge in [-0.1, -0.05) is 24.3 Å². The molecule has 13 heteroatoms. The van der Waals surface area contributed by atoms with Crippen molar-refractivity contribution in [2.24, 2.45) is 0 Å². The van der Waals surface area contributed by atoms with Gasteiger partial charge in [0.2, 0.25) is 0 Å². The number of nitrogens with zero attached hydrogens (tertiary/aromatic N) is 5. The molecule has 47 heavy (non-hydrogen) atoms. The number of piperidine rings is 1. The summed E-state index contributed by atoms with van der Waals surface area (Å²) in [6.07, 6.45) is 3.64. The molecule has 252 valence electrons. The molecule has 0 spiro atoms. The third-order valence-corrected chi connectivity index (χ3v) is 8.46. The highest BCUT2D eigenvalue weighted by molar-refractivity contribution is 6.34. The highest BCUT2D eigenvalue weighted by Gasteiger charge is 2.38. The molecule has 1 aromatic carbocycles. The van der Waals surface area contributed by atoms with Crippen molar-refractivity contribution in [3.8, 4) is 0 Å². The van der Waals surface area contributed by atoms with Crippen LogP contribution in [0.1, 0.15) is 74.7 Å². The molecule has 2 aromatic heterocycles. The zero-order valence-corrected chi connectivity index (χ0v) is 27.8. The number of amides is 2. The van der Waals surface area contributed by atoms with Gasteiger partial charge in [-0.3, -0.25) is 9.59 Å². The summed E-state index contributed by atoms with van der Waals surface area (Å²) in [6.45, 7) is 12.5. The Morgan fingerprint density at radius 2 is 1.89 bits per heavy atom. The van der Waals surface area contributed by atoms with E-state index in [1.165, 1.54) is 11.0 Å². The molecule has 6 rings (SSSR count). The van der Waals surface area contributed by atoms with Crippen LogP contribution in [0, 0.1) is 19.7 Å². The first-order valence-corrected chi connectivity index (χ1v) is 15.8. The van der Waals surface area contributed by atoms with Gasteiger partial charge in [-0.25, -0.2) is 14.2 Å². The van der Waals surface area contributed by atoms with Gasteiger partial charge in [0, 0.05) is 37.9 Å². The lowest BCUT2D eigenvalue weighted by Crippen LogP contribution is -2.46. The van der Waals surface area contributed by atoms with Crippen molar-refractivity contribution in [1.82, 2.24) is 24.8 Å². The zero-order chi connectivity index (χ0) is 34.1. The van der Waals surface area contributed by atoms with Gasteiger partial charge in [0.25, 0.3) is 0 Å². The largest absolute Gasteiger partial charge is 0.479 e. The third kappa shape index (κ3) is 7.79. The first-order chi connectivity index (χ1) is 22.1. The van der Waals surface area contributed by atoms with E-state index in [1.807, 2.05) is 6.08 Å². The average Bonchev–Trinajstić information content (AvgIpc) is 3.40. The molecule has 2 N–H and O–H groups in total. The van der Waals surface area contributed by atoms with Crippen molar-refractivity contribution in [2.75, 3.05) is 31.1 Å². The summed E-state index contributed by atoms with van der Waals surface area (Å²) < 4.78 is 27.9. The summed E-state index contributed by atoms with van der Waals surface area (Å²) in [6, 6.07) is 6.31. The molecule has 2 amide bonds. The van der Waals surface area contributed by atoms with Crippen LogP contribution >= 0.6 is 0 Å². The number of nitrogens with one attached hydrogen (secondary N) is 1. The van der Waals surface area contributed by atoms with Gasteiger partial charge >= 0.3 is 17.8 Å². The van der Waals surface area contributed by atoms with Gasteiger partial charge in [0.1, 0.15) is 11.6 Å². The number of fused-ring (bicyclic) bond motifs is 10. The van der Waals surface area contributed by atoms with Crippen molar-refractivity contribution in [3.05, 3.63) is 70.3 Å². The summed E-state index contributed by atoms with van der Waals surface area (Å²) >= 11 is 0. The second-order valence-electron chi connectivity index (χ2n) is 13.5. The van der Waals surface area contributed by atoms with Crippen molar-refractivity contribution in [3.63, 3.8) is 0 Å². The van der Waals surface area contributed by atoms with Crippen LogP contribution in [0.3, 0.4) is 0 Å². The fourth-order valence-corrected chi connectivity index (χ4v) is 5.94. The average molecular weight is 651 g/mol. The van der Waals surface area contributed by atoms with Crippen LogP contribution in [0.4, 0.5) is 10.2 Å². The molecule has 0 radical (unpaired) electrons. The van der Waals surface area contributed by atoms with Crippen molar-refractivity contribution in [2.45, 2.75) is 84.8 Å². The van der Waals surface area contributed by atoms with Gasteiger partial charge in [-0.2, -0.15) is 9.61 Å². The lowest BCUT2D eigenvalue weighted by atomic mass is 9.92. The highest BCUT2D eigenvalue weighted by atomic mass is 19.1. The van der Waals surface area contributed by atoms with Crippen LogP contribution in [0.2, 0.25) is 0 Å². The normalized spacial score (nSPS) is 18.4. The van der Waals surface area contributed by atoms with Crippen LogP contribution in [0.15, 0.2) is 36.4 Å². The minimum absolute atomic E-state index is 0.0617. The molecule has 0 aliphatic carbocycles. The number of carbonyl (C=O) groups is 3. The second kappa shape index (κ2) is 13.4. The predicted octanol–water partition coefficient (Wildman–Crippen LogP) is 4.02. The van der Waals surface area contributed by atoms with E-state index < -0.39 is 35.1 Å². The molecule has 3 aromatic rings. The van der Waals surface area contributed by atoms with Gasteiger partial charge in [0.05, 0.1) is 35.6 Å². The molecule has 0 saturated carbocycles. The number of aryl methyl sites for hydroxylation is 2. The molecule has 4 bridgehead atoms. The molecular weight excluding hydrogens is 607 g/mol. The SMILES string of the molecule is Cc1cc(CN2CC=CCOC3(C)CCN(CC3)c3c([C@H](OC(C)(C)C)C(=O)O)c(C)nc4cc(nn34)CNC(=O)C2=O)ccc1F. The number of aliphatic carboxylic acids is 1. The molecule has 12 nitrogen and oxygen atoms in total. The Hall–Kier alpha value is -4.36. The molecule has 3 aliphatic rings. The van der Waals surface area contributed by atoms with Crippen LogP contribution < -0.4 is 10.2 Å². The van der Waals surface area contributed by atoms with Crippen molar-refractivity contribution < 1.29 is 33.4 Å².